The third-order valence-corrected chi connectivity index (χ3v) is 14.2. The van der Waals surface area contributed by atoms with Gasteiger partial charge in [-0.2, -0.15) is 0 Å². The van der Waals surface area contributed by atoms with Crippen LogP contribution in [0.2, 0.25) is 0 Å². The summed E-state index contributed by atoms with van der Waals surface area (Å²) < 4.78 is 34.1. The molecule has 17 atom stereocenters. The van der Waals surface area contributed by atoms with E-state index < -0.39 is 124 Å². The van der Waals surface area contributed by atoms with Gasteiger partial charge in [-0.15, -0.1) is 0 Å². The minimum absolute atomic E-state index is 0.232. The van der Waals surface area contributed by atoms with Crippen LogP contribution in [0.4, 0.5) is 0 Å². The number of hydrogen-bond donors (Lipinski definition) is 12. The van der Waals surface area contributed by atoms with Crippen LogP contribution in [0.25, 0.3) is 0 Å². The van der Waals surface area contributed by atoms with Crippen molar-refractivity contribution in [3.05, 3.63) is 36.5 Å². The number of allylic oxidation sites excluding steroid dienone is 5. The van der Waals surface area contributed by atoms with E-state index >= 15 is 0 Å². The number of amides is 1. The third kappa shape index (κ3) is 23.9. The van der Waals surface area contributed by atoms with Gasteiger partial charge in [-0.25, -0.2) is 0 Å². The van der Waals surface area contributed by atoms with E-state index in [0.29, 0.717) is 12.8 Å². The minimum atomic E-state index is -1.98. The molecule has 19 heteroatoms. The first-order valence-electron chi connectivity index (χ1n) is 28.2. The molecule has 0 aromatic carbocycles. The Hall–Kier alpha value is -1.99. The van der Waals surface area contributed by atoms with Gasteiger partial charge in [-0.05, 0) is 44.9 Å². The molecule has 19 nitrogen and oxygen atoms in total. The maximum absolute atomic E-state index is 13.2. The van der Waals surface area contributed by atoms with Crippen LogP contribution >= 0.6 is 0 Å². The molecule has 0 aromatic heterocycles. The number of unbranched alkanes of at least 4 members (excludes halogenated alkanes) is 20. The van der Waals surface area contributed by atoms with E-state index in [1.165, 1.54) is 89.9 Å². The number of carbonyl (C=O) groups is 1. The minimum Gasteiger partial charge on any atom is -0.394 e. The fourth-order valence-corrected chi connectivity index (χ4v) is 9.46. The molecule has 1 amide bonds. The van der Waals surface area contributed by atoms with Crippen LogP contribution in [0.15, 0.2) is 36.5 Å². The van der Waals surface area contributed by atoms with Crippen molar-refractivity contribution in [1.82, 2.24) is 5.32 Å². The molecule has 0 saturated carbocycles. The first kappa shape index (κ1) is 66.3. The Kier molecular flexibility index (Phi) is 35.3. The van der Waals surface area contributed by atoms with E-state index in [1.54, 1.807) is 6.08 Å². The fraction of sp³-hybridized carbons (Fsp3) is 0.873. The normalized spacial score (nSPS) is 31.7. The monoisotopic (exact) mass is 1060 g/mol. The number of carbonyl (C=O) groups excluding carboxylic acids is 1. The Morgan fingerprint density at radius 3 is 1.35 bits per heavy atom. The predicted molar refractivity (Wildman–Crippen MR) is 277 cm³/mol. The molecule has 0 radical (unpaired) electrons. The topological polar surface area (TPSA) is 307 Å². The van der Waals surface area contributed by atoms with Crippen molar-refractivity contribution >= 4 is 5.91 Å². The fourth-order valence-electron chi connectivity index (χ4n) is 9.46. The number of aliphatic hydroxyl groups is 11. The molecular weight excluding hydrogens is 963 g/mol. The lowest BCUT2D eigenvalue weighted by atomic mass is 9.96. The molecule has 0 spiro atoms. The second-order valence-corrected chi connectivity index (χ2v) is 20.4. The largest absolute Gasteiger partial charge is 0.394 e. The highest BCUT2D eigenvalue weighted by Crippen LogP contribution is 2.33. The van der Waals surface area contributed by atoms with E-state index in [1.807, 2.05) is 6.08 Å². The van der Waals surface area contributed by atoms with Crippen LogP contribution in [0.1, 0.15) is 174 Å². The summed E-state index contributed by atoms with van der Waals surface area (Å²) in [7, 11) is 0. The molecule has 3 aliphatic rings. The smallest absolute Gasteiger partial charge is 0.220 e. The first-order valence-corrected chi connectivity index (χ1v) is 28.2. The summed E-state index contributed by atoms with van der Waals surface area (Å²) in [5, 5.41) is 120. The van der Waals surface area contributed by atoms with Gasteiger partial charge in [0.15, 0.2) is 18.9 Å². The lowest BCUT2D eigenvalue weighted by Crippen LogP contribution is -2.66. The zero-order valence-corrected chi connectivity index (χ0v) is 44.6. The van der Waals surface area contributed by atoms with Gasteiger partial charge in [-0.3, -0.25) is 4.79 Å². The van der Waals surface area contributed by atoms with Crippen molar-refractivity contribution in [2.75, 3.05) is 26.4 Å². The molecule has 3 fully saturated rings. The third-order valence-electron chi connectivity index (χ3n) is 14.2. The number of rotatable bonds is 40. The highest BCUT2D eigenvalue weighted by Gasteiger charge is 2.53. The summed E-state index contributed by atoms with van der Waals surface area (Å²) >= 11 is 0. The van der Waals surface area contributed by atoms with Crippen LogP contribution in [-0.2, 0) is 33.2 Å². The highest BCUT2D eigenvalue weighted by molar-refractivity contribution is 5.76. The summed E-state index contributed by atoms with van der Waals surface area (Å²) in [4.78, 5) is 13.2. The molecule has 3 saturated heterocycles. The van der Waals surface area contributed by atoms with Gasteiger partial charge in [0.25, 0.3) is 0 Å². The van der Waals surface area contributed by atoms with E-state index in [4.69, 9.17) is 28.4 Å². The Balaban J connectivity index is 1.51. The van der Waals surface area contributed by atoms with Crippen LogP contribution in [0.5, 0.6) is 0 Å². The molecule has 432 valence electrons. The SMILES string of the molecule is CCCCCCCCCCCCC/C=C/CC/C=C/CC/C=C/C(O)C(COC1OC(CO)C(OC2OC(CO)C(OC3OC(CO)C(O)C(O)C3O)C(O)C2O)C(O)C1O)NC(=O)CCCCCCCCCC. The molecular formula is C55H99NO18. The summed E-state index contributed by atoms with van der Waals surface area (Å²) in [5.74, 6) is -0.296. The first-order chi connectivity index (χ1) is 35.8. The molecule has 17 unspecified atom stereocenters. The zero-order valence-electron chi connectivity index (χ0n) is 44.6. The van der Waals surface area contributed by atoms with Gasteiger partial charge in [0.05, 0.1) is 38.6 Å². The van der Waals surface area contributed by atoms with Gasteiger partial charge in [0.1, 0.15) is 73.2 Å². The predicted octanol–water partition coefficient (Wildman–Crippen LogP) is 3.76. The maximum Gasteiger partial charge on any atom is 0.220 e. The molecule has 12 N–H and O–H groups in total. The van der Waals surface area contributed by atoms with Gasteiger partial charge >= 0.3 is 0 Å². The summed E-state index contributed by atoms with van der Waals surface area (Å²) in [6, 6.07) is -0.990. The van der Waals surface area contributed by atoms with Crippen molar-refractivity contribution < 1.29 is 89.4 Å². The number of nitrogens with one attached hydrogen (secondary N) is 1. The average molecular weight is 1060 g/mol. The van der Waals surface area contributed by atoms with Gasteiger partial charge in [0, 0.05) is 6.42 Å². The standard InChI is InChI=1S/C55H99NO18/c1-3-5-7-9-11-13-14-15-16-17-18-19-20-21-22-23-24-25-26-28-30-32-39(60)38(56-43(61)33-31-29-27-12-10-8-6-4-2)37-69-53-49(67)46(64)51(41(35-58)71-53)74-55-50(68)47(65)52(42(36-59)72-55)73-54-48(66)45(63)44(62)40(34-57)70-54/h20-21,24-25,30,32,38-42,44-55,57-60,62-68H,3-19,22-23,26-29,31,33-37H2,1-2H3,(H,56,61)/b21-20+,25-24+,32-30+. The Morgan fingerprint density at radius 2 is 0.865 bits per heavy atom. The molecule has 0 aliphatic carbocycles. The number of hydrogen-bond acceptors (Lipinski definition) is 18. The van der Waals surface area contributed by atoms with Crippen molar-refractivity contribution in [2.45, 2.75) is 279 Å². The van der Waals surface area contributed by atoms with Crippen molar-refractivity contribution in [3.8, 4) is 0 Å². The quantitative estimate of drug-likeness (QED) is 0.0307. The van der Waals surface area contributed by atoms with Gasteiger partial charge < -0.3 is 89.9 Å². The Labute approximate surface area is 440 Å². The van der Waals surface area contributed by atoms with Crippen molar-refractivity contribution in [2.24, 2.45) is 0 Å². The van der Waals surface area contributed by atoms with Crippen LogP contribution in [0, 0.1) is 0 Å². The lowest BCUT2D eigenvalue weighted by Gasteiger charge is -2.48. The van der Waals surface area contributed by atoms with E-state index in [9.17, 15) is 61.0 Å². The average Bonchev–Trinajstić information content (AvgIpc) is 3.40. The van der Waals surface area contributed by atoms with Gasteiger partial charge in [0.2, 0.25) is 5.91 Å². The zero-order chi connectivity index (χ0) is 54.1. The van der Waals surface area contributed by atoms with Crippen LogP contribution in [0.3, 0.4) is 0 Å². The Bertz CT molecular complexity index is 1500. The van der Waals surface area contributed by atoms with E-state index in [-0.39, 0.29) is 18.9 Å². The van der Waals surface area contributed by atoms with Crippen molar-refractivity contribution in [1.29, 1.82) is 0 Å². The summed E-state index contributed by atoms with van der Waals surface area (Å²) in [6.45, 7) is 1.63. The van der Waals surface area contributed by atoms with Gasteiger partial charge in [-0.1, -0.05) is 159 Å². The molecule has 3 rings (SSSR count). The van der Waals surface area contributed by atoms with Crippen LogP contribution < -0.4 is 5.32 Å². The van der Waals surface area contributed by atoms with E-state index in [0.717, 1.165) is 51.4 Å². The number of ether oxygens (including phenoxy) is 6. The van der Waals surface area contributed by atoms with E-state index in [2.05, 4.69) is 43.5 Å². The molecule has 3 aliphatic heterocycles. The molecule has 74 heavy (non-hydrogen) atoms. The molecule has 0 aromatic rings. The maximum atomic E-state index is 13.2. The van der Waals surface area contributed by atoms with Crippen molar-refractivity contribution in [3.63, 3.8) is 0 Å². The molecule has 3 heterocycles. The number of aliphatic hydroxyl groups excluding tert-OH is 11. The molecule has 0 bridgehead atoms. The summed E-state index contributed by atoms with van der Waals surface area (Å²) in [6.07, 6.45) is 13.1. The summed E-state index contributed by atoms with van der Waals surface area (Å²) in [5.41, 5.74) is 0. The lowest BCUT2D eigenvalue weighted by molar-refractivity contribution is -0.379. The second-order valence-electron chi connectivity index (χ2n) is 20.4. The van der Waals surface area contributed by atoms with Crippen LogP contribution in [-0.4, -0.2) is 193 Å². The Morgan fingerprint density at radius 1 is 0.473 bits per heavy atom. The second kappa shape index (κ2) is 39.4. The highest BCUT2D eigenvalue weighted by atomic mass is 16.8.